The van der Waals surface area contributed by atoms with Gasteiger partial charge in [-0.15, -0.1) is 0 Å². The summed E-state index contributed by atoms with van der Waals surface area (Å²) in [6.07, 6.45) is 1.89. The number of ether oxygens (including phenoxy) is 2. The largest absolute Gasteiger partial charge is 0.454 e. The second kappa shape index (κ2) is 6.13. The first-order valence-corrected chi connectivity index (χ1v) is 10.1. The van der Waals surface area contributed by atoms with Crippen molar-refractivity contribution in [3.05, 3.63) is 53.6 Å². The Morgan fingerprint density at radius 1 is 1.08 bits per heavy atom. The summed E-state index contributed by atoms with van der Waals surface area (Å²) in [5.41, 5.74) is 2.44. The smallest absolute Gasteiger partial charge is 0.258 e. The number of fused-ring (bicyclic) bond motifs is 2. The molecule has 6 heteroatoms. The molecule has 5 rings (SSSR count). The first-order chi connectivity index (χ1) is 12.8. The van der Waals surface area contributed by atoms with E-state index in [4.69, 9.17) is 9.47 Å². The van der Waals surface area contributed by atoms with Crippen LogP contribution in [0.3, 0.4) is 0 Å². The van der Waals surface area contributed by atoms with Crippen LogP contribution >= 0.6 is 11.8 Å². The Kier molecular flexibility index (Phi) is 3.74. The van der Waals surface area contributed by atoms with Gasteiger partial charge in [-0.3, -0.25) is 4.79 Å². The number of rotatable bonds is 2. The van der Waals surface area contributed by atoms with E-state index < -0.39 is 0 Å². The minimum Gasteiger partial charge on any atom is -0.454 e. The van der Waals surface area contributed by atoms with E-state index in [1.54, 1.807) is 0 Å². The van der Waals surface area contributed by atoms with Gasteiger partial charge in [0.15, 0.2) is 11.5 Å². The van der Waals surface area contributed by atoms with Gasteiger partial charge in [-0.1, -0.05) is 18.2 Å². The second-order valence-corrected chi connectivity index (χ2v) is 8.12. The monoisotopic (exact) mass is 368 g/mol. The zero-order valence-electron chi connectivity index (χ0n) is 14.4. The quantitative estimate of drug-likeness (QED) is 0.876. The third-order valence-corrected chi connectivity index (χ3v) is 6.37. The average Bonchev–Trinajstić information content (AvgIpc) is 3.14. The van der Waals surface area contributed by atoms with Crippen molar-refractivity contribution in [1.29, 1.82) is 0 Å². The summed E-state index contributed by atoms with van der Waals surface area (Å²) in [7, 11) is 0. The van der Waals surface area contributed by atoms with Crippen molar-refractivity contribution in [3.63, 3.8) is 0 Å². The summed E-state index contributed by atoms with van der Waals surface area (Å²) in [4.78, 5) is 15.4. The molecule has 1 fully saturated rings. The predicted octanol–water partition coefficient (Wildman–Crippen LogP) is 3.71. The Bertz CT molecular complexity index is 864. The number of amides is 1. The second-order valence-electron chi connectivity index (χ2n) is 6.89. The van der Waals surface area contributed by atoms with Gasteiger partial charge in [0, 0.05) is 12.2 Å². The maximum atomic E-state index is 13.4. The number of benzene rings is 2. The molecule has 2 aromatic rings. The third kappa shape index (κ3) is 2.51. The molecule has 134 valence electrons. The zero-order valence-corrected chi connectivity index (χ0v) is 15.2. The topological polar surface area (TPSA) is 50.8 Å². The molecule has 0 aliphatic carbocycles. The molecule has 2 aromatic carbocycles. The Labute approximate surface area is 156 Å². The highest BCUT2D eigenvalue weighted by atomic mass is 32.2. The first-order valence-electron chi connectivity index (χ1n) is 8.91. The Hall–Kier alpha value is -2.34. The van der Waals surface area contributed by atoms with Crippen molar-refractivity contribution in [2.45, 2.75) is 25.0 Å². The third-order valence-electron chi connectivity index (χ3n) is 5.38. The molecule has 5 nitrogen and oxygen atoms in total. The fourth-order valence-electron chi connectivity index (χ4n) is 3.99. The van der Waals surface area contributed by atoms with E-state index >= 15 is 0 Å². The van der Waals surface area contributed by atoms with Crippen LogP contribution in [0.4, 0.5) is 5.69 Å². The number of anilines is 1. The normalized spacial score (nSPS) is 20.0. The van der Waals surface area contributed by atoms with Gasteiger partial charge < -0.3 is 19.7 Å². The Morgan fingerprint density at radius 2 is 1.88 bits per heavy atom. The summed E-state index contributed by atoms with van der Waals surface area (Å²) in [6.45, 7) is 0.818. The fraction of sp³-hybridized carbons (Fsp3) is 0.350. The first kappa shape index (κ1) is 15.9. The van der Waals surface area contributed by atoms with Gasteiger partial charge in [-0.25, -0.2) is 0 Å². The summed E-state index contributed by atoms with van der Waals surface area (Å²) in [5, 5.41) is 3.70. The molecular formula is C20H20N2O3S. The van der Waals surface area contributed by atoms with Crippen LogP contribution in [-0.4, -0.2) is 34.8 Å². The van der Waals surface area contributed by atoms with Crippen LogP contribution in [0.25, 0.3) is 0 Å². The van der Waals surface area contributed by atoms with E-state index in [1.165, 1.54) is 0 Å². The van der Waals surface area contributed by atoms with Crippen molar-refractivity contribution in [2.75, 3.05) is 23.6 Å². The molecule has 0 radical (unpaired) electrons. The predicted molar refractivity (Wildman–Crippen MR) is 102 cm³/mol. The Balaban J connectivity index is 1.53. The van der Waals surface area contributed by atoms with Gasteiger partial charge in [0.1, 0.15) is 5.66 Å². The van der Waals surface area contributed by atoms with Crippen LogP contribution in [0.5, 0.6) is 11.5 Å². The lowest BCUT2D eigenvalue weighted by atomic mass is 9.93. The van der Waals surface area contributed by atoms with Crippen LogP contribution in [0.1, 0.15) is 28.8 Å². The molecule has 0 bridgehead atoms. The number of hydrogen-bond acceptors (Lipinski definition) is 5. The van der Waals surface area contributed by atoms with E-state index in [2.05, 4.69) is 5.32 Å². The molecule has 0 atom stereocenters. The molecular weight excluding hydrogens is 348 g/mol. The van der Waals surface area contributed by atoms with Crippen LogP contribution in [-0.2, 0) is 6.54 Å². The van der Waals surface area contributed by atoms with Gasteiger partial charge in [0.25, 0.3) is 5.91 Å². The molecule has 3 heterocycles. The van der Waals surface area contributed by atoms with Crippen molar-refractivity contribution in [2.24, 2.45) is 0 Å². The van der Waals surface area contributed by atoms with Gasteiger partial charge >= 0.3 is 0 Å². The number of para-hydroxylation sites is 1. The van der Waals surface area contributed by atoms with Crippen molar-refractivity contribution in [1.82, 2.24) is 4.90 Å². The lowest BCUT2D eigenvalue weighted by Crippen LogP contribution is -2.61. The maximum Gasteiger partial charge on any atom is 0.258 e. The van der Waals surface area contributed by atoms with Gasteiger partial charge in [-0.2, -0.15) is 11.8 Å². The van der Waals surface area contributed by atoms with Crippen LogP contribution in [0, 0.1) is 0 Å². The lowest BCUT2D eigenvalue weighted by Gasteiger charge is -2.50. The highest BCUT2D eigenvalue weighted by Gasteiger charge is 2.45. The minimum absolute atomic E-state index is 0.101. The molecule has 1 saturated heterocycles. The summed E-state index contributed by atoms with van der Waals surface area (Å²) < 4.78 is 10.9. The van der Waals surface area contributed by atoms with Crippen molar-refractivity contribution in [3.8, 4) is 11.5 Å². The molecule has 1 spiro atoms. The number of hydrogen-bond donors (Lipinski definition) is 1. The fourth-order valence-corrected chi connectivity index (χ4v) is 5.15. The van der Waals surface area contributed by atoms with Gasteiger partial charge in [-0.05, 0) is 54.2 Å². The van der Waals surface area contributed by atoms with Gasteiger partial charge in [0.2, 0.25) is 6.79 Å². The average molecular weight is 368 g/mol. The molecule has 0 aromatic heterocycles. The molecule has 1 amide bonds. The number of carbonyl (C=O) groups is 1. The maximum absolute atomic E-state index is 13.4. The van der Waals surface area contributed by atoms with Gasteiger partial charge in [0.05, 0.1) is 5.56 Å². The molecule has 3 aliphatic heterocycles. The highest BCUT2D eigenvalue weighted by molar-refractivity contribution is 7.99. The van der Waals surface area contributed by atoms with Crippen molar-refractivity contribution < 1.29 is 14.3 Å². The van der Waals surface area contributed by atoms with E-state index in [0.29, 0.717) is 6.54 Å². The number of nitrogens with one attached hydrogen (secondary N) is 1. The summed E-state index contributed by atoms with van der Waals surface area (Å²) in [5.74, 6) is 3.74. The van der Waals surface area contributed by atoms with E-state index in [9.17, 15) is 4.79 Å². The number of nitrogens with zero attached hydrogens (tertiary/aromatic N) is 1. The molecule has 26 heavy (non-hydrogen) atoms. The zero-order chi connectivity index (χ0) is 17.6. The number of thioether (sulfide) groups is 1. The molecule has 3 aliphatic rings. The SMILES string of the molecule is O=C1c2ccccc2NC2(CCSCC2)N1Cc1ccc2c(c1)OCO2. The summed E-state index contributed by atoms with van der Waals surface area (Å²) in [6, 6.07) is 13.8. The molecule has 0 unspecified atom stereocenters. The minimum atomic E-state index is -0.312. The Morgan fingerprint density at radius 3 is 2.77 bits per heavy atom. The van der Waals surface area contributed by atoms with Crippen LogP contribution < -0.4 is 14.8 Å². The molecule has 0 saturated carbocycles. The number of carbonyl (C=O) groups excluding carboxylic acids is 1. The van der Waals surface area contributed by atoms with E-state index in [1.807, 2.05) is 59.1 Å². The highest BCUT2D eigenvalue weighted by Crippen LogP contribution is 2.41. The lowest BCUT2D eigenvalue weighted by molar-refractivity contribution is 0.0452. The van der Waals surface area contributed by atoms with Crippen LogP contribution in [0.15, 0.2) is 42.5 Å². The standard InChI is InChI=1S/C20H20N2O3S/c23-19-15-3-1-2-4-16(15)21-20(7-9-26-10-8-20)22(19)12-14-5-6-17-18(11-14)25-13-24-17/h1-6,11,21H,7-10,12-13H2. The van der Waals surface area contributed by atoms with Crippen molar-refractivity contribution >= 4 is 23.4 Å². The van der Waals surface area contributed by atoms with E-state index in [0.717, 1.165) is 52.7 Å². The van der Waals surface area contributed by atoms with Crippen LogP contribution in [0.2, 0.25) is 0 Å². The van der Waals surface area contributed by atoms with E-state index in [-0.39, 0.29) is 18.4 Å². The molecule has 1 N–H and O–H groups in total. The summed E-state index contributed by atoms with van der Waals surface area (Å²) >= 11 is 1.96.